The third-order valence-electron chi connectivity index (χ3n) is 4.59. The highest BCUT2D eigenvalue weighted by Crippen LogP contribution is 2.17. The Labute approximate surface area is 156 Å². The van der Waals surface area contributed by atoms with Crippen molar-refractivity contribution in [2.75, 3.05) is 13.2 Å². The number of piperidine rings is 1. The lowest BCUT2D eigenvalue weighted by Gasteiger charge is -2.33. The number of halogens is 1. The predicted octanol–water partition coefficient (Wildman–Crippen LogP) is 2.75. The second kappa shape index (κ2) is 8.75. The van der Waals surface area contributed by atoms with Gasteiger partial charge in [-0.25, -0.2) is 4.39 Å². The summed E-state index contributed by atoms with van der Waals surface area (Å²) in [5.74, 6) is -0.393. The van der Waals surface area contributed by atoms with Crippen LogP contribution in [0.4, 0.5) is 4.39 Å². The number of aromatic nitrogens is 2. The van der Waals surface area contributed by atoms with Gasteiger partial charge in [-0.05, 0) is 50.5 Å². The van der Waals surface area contributed by atoms with Gasteiger partial charge in [0.1, 0.15) is 5.82 Å². The van der Waals surface area contributed by atoms with E-state index in [9.17, 15) is 14.0 Å². The summed E-state index contributed by atoms with van der Waals surface area (Å²) in [6.45, 7) is 2.48. The molecule has 1 amide bonds. The second-order valence-electron chi connectivity index (χ2n) is 6.61. The Balaban J connectivity index is 1.44. The average Bonchev–Trinajstić information content (AvgIpc) is 3.14. The van der Waals surface area contributed by atoms with Gasteiger partial charge < -0.3 is 14.2 Å². The number of nitrogens with zero attached hydrogens (tertiary/aromatic N) is 3. The quantitative estimate of drug-likeness (QED) is 0.722. The van der Waals surface area contributed by atoms with Gasteiger partial charge in [0.2, 0.25) is 11.7 Å². The molecule has 1 aliphatic heterocycles. The maximum Gasteiger partial charge on any atom is 0.306 e. The van der Waals surface area contributed by atoms with Gasteiger partial charge in [-0.2, -0.15) is 4.98 Å². The van der Waals surface area contributed by atoms with Crippen LogP contribution in [0.5, 0.6) is 0 Å². The van der Waals surface area contributed by atoms with Crippen molar-refractivity contribution in [1.29, 1.82) is 0 Å². The molecule has 2 heterocycles. The maximum atomic E-state index is 12.9. The summed E-state index contributed by atoms with van der Waals surface area (Å²) in [6, 6.07) is 5.90. The van der Waals surface area contributed by atoms with Gasteiger partial charge in [0.05, 0.1) is 6.42 Å². The number of carbonyl (C=O) groups is 2. The highest BCUT2D eigenvalue weighted by atomic mass is 19.1. The zero-order chi connectivity index (χ0) is 19.2. The minimum atomic E-state index is -0.491. The molecule has 144 valence electrons. The minimum Gasteiger partial charge on any atom is -0.456 e. The van der Waals surface area contributed by atoms with E-state index < -0.39 is 5.97 Å². The van der Waals surface area contributed by atoms with Crippen molar-refractivity contribution < 1.29 is 23.2 Å². The normalized spacial score (nSPS) is 17.0. The Morgan fingerprint density at radius 3 is 2.81 bits per heavy atom. The molecule has 27 heavy (non-hydrogen) atoms. The lowest BCUT2D eigenvalue weighted by Crippen LogP contribution is -2.44. The van der Waals surface area contributed by atoms with Gasteiger partial charge in [-0.15, -0.1) is 0 Å². The molecule has 0 radical (unpaired) electrons. The van der Waals surface area contributed by atoms with E-state index in [4.69, 9.17) is 9.26 Å². The van der Waals surface area contributed by atoms with Crippen molar-refractivity contribution in [3.05, 3.63) is 36.0 Å². The van der Waals surface area contributed by atoms with Gasteiger partial charge in [0.25, 0.3) is 5.91 Å². The summed E-state index contributed by atoms with van der Waals surface area (Å²) in [4.78, 5) is 30.0. The zero-order valence-electron chi connectivity index (χ0n) is 15.2. The molecule has 0 spiro atoms. The molecule has 8 heteroatoms. The van der Waals surface area contributed by atoms with Crippen molar-refractivity contribution in [1.82, 2.24) is 15.0 Å². The summed E-state index contributed by atoms with van der Waals surface area (Å²) in [5, 5.41) is 3.82. The number of esters is 1. The predicted molar refractivity (Wildman–Crippen MR) is 94.0 cm³/mol. The smallest absolute Gasteiger partial charge is 0.306 e. The fraction of sp³-hybridized carbons (Fsp3) is 0.474. The van der Waals surface area contributed by atoms with Crippen molar-refractivity contribution in [3.63, 3.8) is 0 Å². The van der Waals surface area contributed by atoms with Crippen LogP contribution in [0.2, 0.25) is 0 Å². The fourth-order valence-corrected chi connectivity index (χ4v) is 3.05. The minimum absolute atomic E-state index is 0.0356. The van der Waals surface area contributed by atoms with E-state index in [2.05, 4.69) is 10.1 Å². The number of carbonyl (C=O) groups excluding carboxylic acids is 2. The first-order valence-electron chi connectivity index (χ1n) is 9.06. The van der Waals surface area contributed by atoms with E-state index in [1.54, 1.807) is 17.0 Å². The molecule has 0 bridgehead atoms. The number of hydrogen-bond acceptors (Lipinski definition) is 6. The van der Waals surface area contributed by atoms with Crippen LogP contribution >= 0.6 is 0 Å². The number of aryl methyl sites for hydroxylation is 1. The SMILES string of the molecule is CC1CCCCN1C(=O)COC(=O)CCc1nc(-c2ccc(F)cc2)no1. The zero-order valence-corrected chi connectivity index (χ0v) is 15.2. The first kappa shape index (κ1) is 19.0. The highest BCUT2D eigenvalue weighted by Gasteiger charge is 2.24. The molecular weight excluding hydrogens is 353 g/mol. The first-order chi connectivity index (χ1) is 13.0. The topological polar surface area (TPSA) is 85.5 Å². The number of rotatable bonds is 6. The second-order valence-corrected chi connectivity index (χ2v) is 6.61. The molecular formula is C19H22FN3O4. The summed E-state index contributed by atoms with van der Waals surface area (Å²) < 4.78 is 23.1. The number of amides is 1. The Morgan fingerprint density at radius 2 is 2.07 bits per heavy atom. The first-order valence-corrected chi connectivity index (χ1v) is 9.06. The number of hydrogen-bond donors (Lipinski definition) is 0. The summed E-state index contributed by atoms with van der Waals surface area (Å²) in [5.41, 5.74) is 0.621. The number of ether oxygens (including phenoxy) is 1. The molecule has 1 aliphatic rings. The lowest BCUT2D eigenvalue weighted by molar-refractivity contribution is -0.153. The molecule has 2 aromatic rings. The molecule has 1 atom stereocenters. The largest absolute Gasteiger partial charge is 0.456 e. The van der Waals surface area contributed by atoms with Crippen LogP contribution in [0.3, 0.4) is 0 Å². The Hall–Kier alpha value is -2.77. The molecule has 1 unspecified atom stereocenters. The highest BCUT2D eigenvalue weighted by molar-refractivity contribution is 5.81. The Kier molecular flexibility index (Phi) is 6.16. The van der Waals surface area contributed by atoms with E-state index >= 15 is 0 Å². The van der Waals surface area contributed by atoms with E-state index in [-0.39, 0.29) is 43.1 Å². The van der Waals surface area contributed by atoms with Gasteiger partial charge in [-0.3, -0.25) is 9.59 Å². The van der Waals surface area contributed by atoms with Gasteiger partial charge in [-0.1, -0.05) is 5.16 Å². The van der Waals surface area contributed by atoms with E-state index in [0.717, 1.165) is 19.3 Å². The van der Waals surface area contributed by atoms with Gasteiger partial charge in [0.15, 0.2) is 6.61 Å². The molecule has 0 N–H and O–H groups in total. The van der Waals surface area contributed by atoms with Crippen molar-refractivity contribution >= 4 is 11.9 Å². The van der Waals surface area contributed by atoms with Gasteiger partial charge >= 0.3 is 5.97 Å². The van der Waals surface area contributed by atoms with Crippen LogP contribution in [0.25, 0.3) is 11.4 Å². The van der Waals surface area contributed by atoms with Crippen molar-refractivity contribution in [2.45, 2.75) is 45.1 Å². The number of benzene rings is 1. The molecule has 0 saturated carbocycles. The molecule has 3 rings (SSSR count). The van der Waals surface area contributed by atoms with Crippen LogP contribution in [0, 0.1) is 5.82 Å². The molecule has 1 aromatic carbocycles. The Bertz CT molecular complexity index is 791. The maximum absolute atomic E-state index is 12.9. The fourth-order valence-electron chi connectivity index (χ4n) is 3.05. The van der Waals surface area contributed by atoms with Crippen LogP contribution < -0.4 is 0 Å². The molecule has 0 aliphatic carbocycles. The monoisotopic (exact) mass is 375 g/mol. The van der Waals surface area contributed by atoms with Crippen LogP contribution in [0.15, 0.2) is 28.8 Å². The molecule has 1 aromatic heterocycles. The number of likely N-dealkylation sites (tertiary alicyclic amines) is 1. The van der Waals surface area contributed by atoms with Crippen molar-refractivity contribution in [2.24, 2.45) is 0 Å². The average molecular weight is 375 g/mol. The van der Waals surface area contributed by atoms with Crippen LogP contribution in [0.1, 0.15) is 38.5 Å². The van der Waals surface area contributed by atoms with Gasteiger partial charge in [0, 0.05) is 24.6 Å². The molecule has 1 saturated heterocycles. The third kappa shape index (κ3) is 5.12. The van der Waals surface area contributed by atoms with E-state index in [0.29, 0.717) is 17.9 Å². The summed E-state index contributed by atoms with van der Waals surface area (Å²) >= 11 is 0. The van der Waals surface area contributed by atoms with Crippen LogP contribution in [-0.4, -0.2) is 46.1 Å². The summed E-state index contributed by atoms with van der Waals surface area (Å²) in [6.07, 6.45) is 3.33. The van der Waals surface area contributed by atoms with Crippen molar-refractivity contribution in [3.8, 4) is 11.4 Å². The Morgan fingerprint density at radius 1 is 1.30 bits per heavy atom. The molecule has 1 fully saturated rings. The lowest BCUT2D eigenvalue weighted by atomic mass is 10.0. The van der Waals surface area contributed by atoms with E-state index in [1.165, 1.54) is 12.1 Å². The molecule has 7 nitrogen and oxygen atoms in total. The third-order valence-corrected chi connectivity index (χ3v) is 4.59. The van der Waals surface area contributed by atoms with E-state index in [1.807, 2.05) is 6.92 Å². The van der Waals surface area contributed by atoms with Crippen LogP contribution in [-0.2, 0) is 20.7 Å². The standard InChI is InChI=1S/C19H22FN3O4/c1-13-4-2-3-11-23(13)17(24)12-26-18(25)10-9-16-21-19(22-27-16)14-5-7-15(20)8-6-14/h5-8,13H,2-4,9-12H2,1H3. The summed E-state index contributed by atoms with van der Waals surface area (Å²) in [7, 11) is 0.